The molecule has 2 N–H and O–H groups in total. The Labute approximate surface area is 220 Å². The minimum Gasteiger partial charge on any atom is -0.492 e. The highest BCUT2D eigenvalue weighted by molar-refractivity contribution is 7.15. The van der Waals surface area contributed by atoms with Gasteiger partial charge in [-0.15, -0.1) is 11.3 Å². The predicted molar refractivity (Wildman–Crippen MR) is 145 cm³/mol. The van der Waals surface area contributed by atoms with Gasteiger partial charge in [0.1, 0.15) is 23.3 Å². The standard InChI is InChI=1S/C27H31ClN4O3S/c1-18(20-8-4-5-9-21(20)28)35-23-14-24(36-25(23)15-26(29)33)22-16-30-27-11-10-19(17-32(22)27)34-13-7-6-12-31(2)3/h4-5,8-11,14,16-18H,6-7,12-13,15H2,1-3H3,(H2,29,33). The van der Waals surface area contributed by atoms with Crippen molar-refractivity contribution in [1.82, 2.24) is 14.3 Å². The molecule has 0 spiro atoms. The van der Waals surface area contributed by atoms with Gasteiger partial charge in [-0.25, -0.2) is 4.98 Å². The van der Waals surface area contributed by atoms with Gasteiger partial charge in [0.25, 0.3) is 0 Å². The third kappa shape index (κ3) is 6.37. The van der Waals surface area contributed by atoms with Crippen LogP contribution in [0.3, 0.4) is 0 Å². The van der Waals surface area contributed by atoms with Crippen molar-refractivity contribution in [1.29, 1.82) is 0 Å². The van der Waals surface area contributed by atoms with E-state index in [1.54, 1.807) is 0 Å². The van der Waals surface area contributed by atoms with Crippen LogP contribution < -0.4 is 15.2 Å². The molecule has 9 heteroatoms. The highest BCUT2D eigenvalue weighted by Crippen LogP contribution is 2.39. The fourth-order valence-corrected chi connectivity index (χ4v) is 5.33. The Morgan fingerprint density at radius 3 is 2.78 bits per heavy atom. The van der Waals surface area contributed by atoms with E-state index >= 15 is 0 Å². The van der Waals surface area contributed by atoms with Gasteiger partial charge >= 0.3 is 0 Å². The molecule has 0 aliphatic heterocycles. The summed E-state index contributed by atoms with van der Waals surface area (Å²) in [6.45, 7) is 3.63. The van der Waals surface area contributed by atoms with Gasteiger partial charge in [0.15, 0.2) is 0 Å². The maximum atomic E-state index is 11.8. The summed E-state index contributed by atoms with van der Waals surface area (Å²) < 4.78 is 14.3. The fourth-order valence-electron chi connectivity index (χ4n) is 3.93. The van der Waals surface area contributed by atoms with Gasteiger partial charge in [0, 0.05) is 16.7 Å². The number of aromatic nitrogens is 2. The number of hydrogen-bond donors (Lipinski definition) is 1. The number of benzene rings is 1. The molecule has 3 heterocycles. The lowest BCUT2D eigenvalue weighted by atomic mass is 10.1. The Morgan fingerprint density at radius 1 is 1.22 bits per heavy atom. The second-order valence-corrected chi connectivity index (χ2v) is 10.5. The van der Waals surface area contributed by atoms with Crippen LogP contribution in [-0.2, 0) is 11.2 Å². The van der Waals surface area contributed by atoms with E-state index in [9.17, 15) is 4.79 Å². The van der Waals surface area contributed by atoms with Gasteiger partial charge in [-0.05, 0) is 58.6 Å². The number of nitrogens with zero attached hydrogens (tertiary/aromatic N) is 3. The van der Waals surface area contributed by atoms with Crippen molar-refractivity contribution in [2.45, 2.75) is 32.3 Å². The number of halogens is 1. The Balaban J connectivity index is 1.58. The zero-order valence-electron chi connectivity index (χ0n) is 20.7. The molecule has 1 atom stereocenters. The van der Waals surface area contributed by atoms with E-state index in [1.165, 1.54) is 11.3 Å². The van der Waals surface area contributed by atoms with Crippen molar-refractivity contribution < 1.29 is 14.3 Å². The highest BCUT2D eigenvalue weighted by Gasteiger charge is 2.20. The number of imidazole rings is 1. The second kappa shape index (κ2) is 11.8. The van der Waals surface area contributed by atoms with Crippen LogP contribution in [0.5, 0.6) is 11.5 Å². The lowest BCUT2D eigenvalue weighted by Crippen LogP contribution is -2.13. The first-order chi connectivity index (χ1) is 17.3. The van der Waals surface area contributed by atoms with Crippen LogP contribution in [0, 0.1) is 0 Å². The molecule has 4 rings (SSSR count). The molecule has 0 saturated carbocycles. The number of pyridine rings is 1. The highest BCUT2D eigenvalue weighted by atomic mass is 35.5. The van der Waals surface area contributed by atoms with E-state index < -0.39 is 5.91 Å². The Kier molecular flexibility index (Phi) is 8.51. The first-order valence-corrected chi connectivity index (χ1v) is 13.1. The van der Waals surface area contributed by atoms with E-state index in [0.29, 0.717) is 17.4 Å². The summed E-state index contributed by atoms with van der Waals surface area (Å²) in [4.78, 5) is 20.2. The predicted octanol–water partition coefficient (Wildman–Crippen LogP) is 5.60. The van der Waals surface area contributed by atoms with Gasteiger partial charge in [-0.1, -0.05) is 29.8 Å². The van der Waals surface area contributed by atoms with Crippen LogP contribution in [0.4, 0.5) is 0 Å². The topological polar surface area (TPSA) is 82.1 Å². The summed E-state index contributed by atoms with van der Waals surface area (Å²) in [6, 6.07) is 13.4. The van der Waals surface area contributed by atoms with Gasteiger partial charge in [-0.2, -0.15) is 0 Å². The number of fused-ring (bicyclic) bond motifs is 1. The number of primary amides is 1. The summed E-state index contributed by atoms with van der Waals surface area (Å²) in [5, 5.41) is 0.632. The molecule has 0 fully saturated rings. The molecule has 0 radical (unpaired) electrons. The number of rotatable bonds is 12. The van der Waals surface area contributed by atoms with Gasteiger partial charge in [0.2, 0.25) is 5.91 Å². The normalized spacial score (nSPS) is 12.2. The zero-order chi connectivity index (χ0) is 25.7. The largest absolute Gasteiger partial charge is 0.492 e. The summed E-state index contributed by atoms with van der Waals surface area (Å²) in [6.07, 6.45) is 5.62. The van der Waals surface area contributed by atoms with Crippen LogP contribution in [0.15, 0.2) is 54.9 Å². The summed E-state index contributed by atoms with van der Waals surface area (Å²) >= 11 is 7.84. The van der Waals surface area contributed by atoms with Crippen molar-refractivity contribution in [3.63, 3.8) is 0 Å². The number of hydrogen-bond acceptors (Lipinski definition) is 6. The maximum absolute atomic E-state index is 11.8. The van der Waals surface area contributed by atoms with E-state index in [4.69, 9.17) is 26.8 Å². The summed E-state index contributed by atoms with van der Waals surface area (Å²) in [5.74, 6) is 0.982. The number of carbonyl (C=O) groups excluding carboxylic acids is 1. The van der Waals surface area contributed by atoms with Gasteiger partial charge < -0.3 is 20.1 Å². The Bertz CT molecular complexity index is 1330. The quantitative estimate of drug-likeness (QED) is 0.243. The molecule has 0 saturated heterocycles. The molecule has 1 unspecified atom stereocenters. The molecule has 190 valence electrons. The molecule has 4 aromatic rings. The lowest BCUT2D eigenvalue weighted by molar-refractivity contribution is -0.117. The molecule has 0 aliphatic carbocycles. The fraction of sp³-hybridized carbons (Fsp3) is 0.333. The lowest BCUT2D eigenvalue weighted by Gasteiger charge is -2.16. The smallest absolute Gasteiger partial charge is 0.222 e. The average molecular weight is 527 g/mol. The zero-order valence-corrected chi connectivity index (χ0v) is 22.3. The van der Waals surface area contributed by atoms with Crippen molar-refractivity contribution in [3.05, 3.63) is 70.3 Å². The molecular formula is C27H31ClN4O3S. The minimum absolute atomic E-state index is 0.0906. The SMILES string of the molecule is CC(Oc1cc(-c2cnc3ccc(OCCCCN(C)C)cn23)sc1CC(N)=O)c1ccccc1Cl. The van der Waals surface area contributed by atoms with Crippen molar-refractivity contribution in [2.24, 2.45) is 5.73 Å². The van der Waals surface area contributed by atoms with Gasteiger partial charge in [0.05, 0.1) is 40.9 Å². The molecule has 1 aromatic carbocycles. The first-order valence-electron chi connectivity index (χ1n) is 11.9. The summed E-state index contributed by atoms with van der Waals surface area (Å²) in [5.41, 5.74) is 8.11. The van der Waals surface area contributed by atoms with Crippen LogP contribution in [-0.4, -0.2) is 47.4 Å². The molecule has 1 amide bonds. The van der Waals surface area contributed by atoms with Gasteiger partial charge in [-0.3, -0.25) is 9.20 Å². The first kappa shape index (κ1) is 26.0. The maximum Gasteiger partial charge on any atom is 0.222 e. The third-order valence-electron chi connectivity index (χ3n) is 5.75. The molecule has 7 nitrogen and oxygen atoms in total. The van der Waals surface area contributed by atoms with E-state index in [2.05, 4.69) is 24.0 Å². The van der Waals surface area contributed by atoms with E-state index in [-0.39, 0.29) is 12.5 Å². The average Bonchev–Trinajstić information content (AvgIpc) is 3.42. The summed E-state index contributed by atoms with van der Waals surface area (Å²) in [7, 11) is 4.14. The van der Waals surface area contributed by atoms with Crippen LogP contribution >= 0.6 is 22.9 Å². The van der Waals surface area contributed by atoms with Crippen LogP contribution in [0.25, 0.3) is 16.2 Å². The molecular weight excluding hydrogens is 496 g/mol. The van der Waals surface area contributed by atoms with E-state index in [0.717, 1.165) is 51.8 Å². The molecule has 3 aromatic heterocycles. The molecule has 0 bridgehead atoms. The number of ether oxygens (including phenoxy) is 2. The second-order valence-electron chi connectivity index (χ2n) is 8.92. The molecule has 0 aliphatic rings. The number of nitrogens with two attached hydrogens (primary N) is 1. The van der Waals surface area contributed by atoms with Crippen molar-refractivity contribution in [3.8, 4) is 22.1 Å². The monoisotopic (exact) mass is 526 g/mol. The number of amides is 1. The number of thiophene rings is 1. The number of unbranched alkanes of at least 4 members (excludes halogenated alkanes) is 1. The van der Waals surface area contributed by atoms with Crippen LogP contribution in [0.1, 0.15) is 36.3 Å². The Morgan fingerprint density at radius 2 is 2.03 bits per heavy atom. The van der Waals surface area contributed by atoms with E-state index in [1.807, 2.05) is 66.2 Å². The van der Waals surface area contributed by atoms with Crippen LogP contribution in [0.2, 0.25) is 5.02 Å². The minimum atomic E-state index is -0.415. The Hall–Kier alpha value is -3.07. The van der Waals surface area contributed by atoms with Crippen molar-refractivity contribution in [2.75, 3.05) is 27.2 Å². The molecule has 36 heavy (non-hydrogen) atoms. The third-order valence-corrected chi connectivity index (χ3v) is 7.23. The van der Waals surface area contributed by atoms with Crippen molar-refractivity contribution >= 4 is 34.5 Å². The number of carbonyl (C=O) groups is 1.